The highest BCUT2D eigenvalue weighted by molar-refractivity contribution is 6.25. The van der Waals surface area contributed by atoms with Crippen LogP contribution in [-0.2, 0) is 0 Å². The average molecular weight is 203 g/mol. The monoisotopic (exact) mass is 202 g/mol. The van der Waals surface area contributed by atoms with Crippen LogP contribution >= 0.6 is 11.6 Å². The van der Waals surface area contributed by atoms with E-state index in [0.29, 0.717) is 5.92 Å². The first kappa shape index (κ1) is 11.0. The fraction of sp³-hybridized carbons (Fsp3) is 0.800. The smallest absolute Gasteiger partial charge is 0.0174 e. The minimum Gasteiger partial charge on any atom is -0.330 e. The van der Waals surface area contributed by atoms with Crippen LogP contribution in [0.3, 0.4) is 0 Å². The maximum Gasteiger partial charge on any atom is 0.0174 e. The van der Waals surface area contributed by atoms with E-state index in [-0.39, 0.29) is 0 Å². The van der Waals surface area contributed by atoms with Gasteiger partial charge in [-0.15, -0.1) is 0 Å². The van der Waals surface area contributed by atoms with Gasteiger partial charge >= 0.3 is 0 Å². The van der Waals surface area contributed by atoms with Gasteiger partial charge in [-0.3, -0.25) is 4.90 Å². The van der Waals surface area contributed by atoms with Gasteiger partial charge in [0.15, 0.2) is 0 Å². The van der Waals surface area contributed by atoms with E-state index >= 15 is 0 Å². The van der Waals surface area contributed by atoms with Crippen LogP contribution in [0.25, 0.3) is 0 Å². The summed E-state index contributed by atoms with van der Waals surface area (Å²) >= 11 is 5.49. The summed E-state index contributed by atoms with van der Waals surface area (Å²) in [5.74, 6) is 1.44. The van der Waals surface area contributed by atoms with Crippen molar-refractivity contribution in [2.75, 3.05) is 26.2 Å². The Morgan fingerprint density at radius 2 is 2.38 bits per heavy atom. The topological polar surface area (TPSA) is 29.3 Å². The van der Waals surface area contributed by atoms with Gasteiger partial charge in [0, 0.05) is 18.6 Å². The number of hydrogen-bond acceptors (Lipinski definition) is 2. The lowest BCUT2D eigenvalue weighted by Crippen LogP contribution is -2.42. The standard InChI is InChI=1S/C10H19ClN2/c1-9-3-6-13(5-2-4-11)8-10(9)7-12/h2,4,9-10H,3,5-8,12H2,1H3/b4-2+. The van der Waals surface area contributed by atoms with Crippen LogP contribution in [0, 0.1) is 11.8 Å². The fourth-order valence-corrected chi connectivity index (χ4v) is 1.97. The molecule has 0 saturated carbocycles. The molecular formula is C10H19ClN2. The SMILES string of the molecule is CC1CCN(C/C=C/Cl)CC1CN. The fourth-order valence-electron chi connectivity index (χ4n) is 1.89. The molecule has 1 aliphatic rings. The van der Waals surface area contributed by atoms with Gasteiger partial charge < -0.3 is 5.73 Å². The number of hydrogen-bond donors (Lipinski definition) is 1. The quantitative estimate of drug-likeness (QED) is 0.755. The lowest BCUT2D eigenvalue weighted by atomic mass is 9.87. The average Bonchev–Trinajstić information content (AvgIpc) is 2.16. The lowest BCUT2D eigenvalue weighted by Gasteiger charge is -2.35. The van der Waals surface area contributed by atoms with Gasteiger partial charge in [-0.2, -0.15) is 0 Å². The van der Waals surface area contributed by atoms with Gasteiger partial charge in [0.25, 0.3) is 0 Å². The Labute approximate surface area is 85.7 Å². The van der Waals surface area contributed by atoms with Gasteiger partial charge in [-0.1, -0.05) is 24.6 Å². The van der Waals surface area contributed by atoms with E-state index in [0.717, 1.165) is 25.6 Å². The van der Waals surface area contributed by atoms with Gasteiger partial charge in [-0.05, 0) is 31.3 Å². The molecule has 1 fully saturated rings. The Bertz CT molecular complexity index is 170. The Morgan fingerprint density at radius 1 is 1.62 bits per heavy atom. The van der Waals surface area contributed by atoms with Gasteiger partial charge in [0.1, 0.15) is 0 Å². The van der Waals surface area contributed by atoms with Crippen LogP contribution in [0.15, 0.2) is 11.6 Å². The number of piperidine rings is 1. The predicted octanol–water partition coefficient (Wildman–Crippen LogP) is 1.66. The Kier molecular flexibility index (Phi) is 4.78. The molecule has 76 valence electrons. The third kappa shape index (κ3) is 3.29. The maximum absolute atomic E-state index is 5.71. The van der Waals surface area contributed by atoms with E-state index in [2.05, 4.69) is 11.8 Å². The number of likely N-dealkylation sites (tertiary alicyclic amines) is 1. The van der Waals surface area contributed by atoms with Crippen LogP contribution < -0.4 is 5.73 Å². The molecule has 0 aliphatic carbocycles. The predicted molar refractivity (Wildman–Crippen MR) is 57.8 cm³/mol. The van der Waals surface area contributed by atoms with Crippen molar-refractivity contribution in [2.24, 2.45) is 17.6 Å². The second kappa shape index (κ2) is 5.63. The summed E-state index contributed by atoms with van der Waals surface area (Å²) in [5.41, 5.74) is 7.31. The molecule has 0 amide bonds. The summed E-state index contributed by atoms with van der Waals surface area (Å²) in [6.45, 7) is 6.37. The zero-order valence-corrected chi connectivity index (χ0v) is 9.00. The molecule has 0 aromatic heterocycles. The van der Waals surface area contributed by atoms with E-state index in [4.69, 9.17) is 17.3 Å². The van der Waals surface area contributed by atoms with Crippen LogP contribution in [0.4, 0.5) is 0 Å². The molecule has 0 aromatic rings. The largest absolute Gasteiger partial charge is 0.330 e. The molecule has 0 aromatic carbocycles. The summed E-state index contributed by atoms with van der Waals surface area (Å²) in [6.07, 6.45) is 3.25. The molecule has 13 heavy (non-hydrogen) atoms. The molecule has 2 N–H and O–H groups in total. The lowest BCUT2D eigenvalue weighted by molar-refractivity contribution is 0.144. The van der Waals surface area contributed by atoms with Crippen molar-refractivity contribution in [3.63, 3.8) is 0 Å². The zero-order chi connectivity index (χ0) is 9.68. The minimum absolute atomic E-state index is 0.664. The van der Waals surface area contributed by atoms with Crippen molar-refractivity contribution in [2.45, 2.75) is 13.3 Å². The summed E-state index contributed by atoms with van der Waals surface area (Å²) in [6, 6.07) is 0. The first-order valence-corrected chi connectivity index (χ1v) is 5.39. The van der Waals surface area contributed by atoms with Crippen LogP contribution in [0.2, 0.25) is 0 Å². The van der Waals surface area contributed by atoms with Crippen molar-refractivity contribution in [3.05, 3.63) is 11.6 Å². The van der Waals surface area contributed by atoms with Crippen LogP contribution in [0.5, 0.6) is 0 Å². The van der Waals surface area contributed by atoms with Crippen molar-refractivity contribution >= 4 is 11.6 Å². The third-order valence-corrected chi connectivity index (χ3v) is 3.13. The Morgan fingerprint density at radius 3 is 3.00 bits per heavy atom. The first-order chi connectivity index (χ1) is 6.27. The molecule has 2 atom stereocenters. The number of nitrogens with two attached hydrogens (primary N) is 1. The van der Waals surface area contributed by atoms with Crippen molar-refractivity contribution in [3.8, 4) is 0 Å². The van der Waals surface area contributed by atoms with E-state index in [1.165, 1.54) is 13.0 Å². The summed E-state index contributed by atoms with van der Waals surface area (Å²) in [5, 5.41) is 0. The molecular weight excluding hydrogens is 184 g/mol. The zero-order valence-electron chi connectivity index (χ0n) is 8.25. The Hall–Kier alpha value is -0.0500. The highest BCUT2D eigenvalue weighted by Crippen LogP contribution is 2.21. The Balaban J connectivity index is 2.35. The number of rotatable bonds is 3. The molecule has 1 heterocycles. The number of nitrogens with zero attached hydrogens (tertiary/aromatic N) is 1. The number of halogens is 1. The molecule has 3 heteroatoms. The summed E-state index contributed by atoms with van der Waals surface area (Å²) < 4.78 is 0. The maximum atomic E-state index is 5.71. The van der Waals surface area contributed by atoms with Gasteiger partial charge in [0.05, 0.1) is 0 Å². The molecule has 1 saturated heterocycles. The third-order valence-electron chi connectivity index (χ3n) is 2.95. The molecule has 0 radical (unpaired) electrons. The highest BCUT2D eigenvalue weighted by Gasteiger charge is 2.23. The van der Waals surface area contributed by atoms with E-state index < -0.39 is 0 Å². The normalized spacial score (nSPS) is 31.3. The van der Waals surface area contributed by atoms with E-state index in [1.807, 2.05) is 6.08 Å². The van der Waals surface area contributed by atoms with Crippen LogP contribution in [-0.4, -0.2) is 31.1 Å². The van der Waals surface area contributed by atoms with Gasteiger partial charge in [-0.25, -0.2) is 0 Å². The molecule has 0 bridgehead atoms. The molecule has 0 spiro atoms. The minimum atomic E-state index is 0.664. The second-order valence-corrected chi connectivity index (χ2v) is 4.13. The highest BCUT2D eigenvalue weighted by atomic mass is 35.5. The van der Waals surface area contributed by atoms with Crippen LogP contribution in [0.1, 0.15) is 13.3 Å². The van der Waals surface area contributed by atoms with Crippen molar-refractivity contribution in [1.29, 1.82) is 0 Å². The molecule has 2 nitrogen and oxygen atoms in total. The van der Waals surface area contributed by atoms with Gasteiger partial charge in [0.2, 0.25) is 0 Å². The molecule has 2 unspecified atom stereocenters. The molecule has 1 aliphatic heterocycles. The summed E-state index contributed by atoms with van der Waals surface area (Å²) in [7, 11) is 0. The first-order valence-electron chi connectivity index (χ1n) is 4.95. The van der Waals surface area contributed by atoms with Crippen molar-refractivity contribution in [1.82, 2.24) is 4.90 Å². The van der Waals surface area contributed by atoms with E-state index in [9.17, 15) is 0 Å². The van der Waals surface area contributed by atoms with Crippen molar-refractivity contribution < 1.29 is 0 Å². The molecule has 1 rings (SSSR count). The van der Waals surface area contributed by atoms with E-state index in [1.54, 1.807) is 5.54 Å². The summed E-state index contributed by atoms with van der Waals surface area (Å²) in [4.78, 5) is 2.41. The second-order valence-electron chi connectivity index (χ2n) is 3.88.